The molecule has 1 N–H and O–H groups in total. The number of rotatable bonds is 4. The van der Waals surface area contributed by atoms with Gasteiger partial charge in [-0.05, 0) is 29.3 Å². The van der Waals surface area contributed by atoms with Crippen molar-refractivity contribution >= 4 is 0 Å². The van der Waals surface area contributed by atoms with Crippen LogP contribution in [0, 0.1) is 0 Å². The van der Waals surface area contributed by atoms with E-state index in [4.69, 9.17) is 9.47 Å². The van der Waals surface area contributed by atoms with Gasteiger partial charge in [-0.25, -0.2) is 0 Å². The molecule has 1 aliphatic rings. The van der Waals surface area contributed by atoms with Crippen molar-refractivity contribution in [2.24, 2.45) is 0 Å². The molecule has 0 saturated carbocycles. The number of ether oxygens (including phenoxy) is 2. The highest BCUT2D eigenvalue weighted by atomic mass is 19.4. The van der Waals surface area contributed by atoms with Crippen LogP contribution in [0.2, 0.25) is 0 Å². The molecule has 2 aromatic rings. The fraction of sp³-hybridized carbons (Fsp3) is 0.368. The summed E-state index contributed by atoms with van der Waals surface area (Å²) in [7, 11) is 0. The zero-order valence-corrected chi connectivity index (χ0v) is 13.6. The molecule has 1 fully saturated rings. The lowest BCUT2D eigenvalue weighted by Crippen LogP contribution is -2.33. The third kappa shape index (κ3) is 4.32. The van der Waals surface area contributed by atoms with Crippen molar-refractivity contribution in [1.29, 1.82) is 0 Å². The number of hydrogen-bond acceptors (Lipinski definition) is 3. The second-order valence-corrected chi connectivity index (χ2v) is 6.16. The molecule has 25 heavy (non-hydrogen) atoms. The molecule has 3 nitrogen and oxygen atoms in total. The molecule has 0 bridgehead atoms. The summed E-state index contributed by atoms with van der Waals surface area (Å²) < 4.78 is 50.5. The fourth-order valence-electron chi connectivity index (χ4n) is 2.85. The van der Waals surface area contributed by atoms with Gasteiger partial charge >= 0.3 is 6.18 Å². The molecule has 0 aromatic heterocycles. The molecular weight excluding hydrogens is 333 g/mol. The molecule has 0 unspecified atom stereocenters. The van der Waals surface area contributed by atoms with E-state index in [1.807, 2.05) is 30.3 Å². The van der Waals surface area contributed by atoms with Crippen LogP contribution in [-0.4, -0.2) is 18.3 Å². The Hall–Kier alpha value is -2.05. The van der Waals surface area contributed by atoms with E-state index in [-0.39, 0.29) is 30.8 Å². The van der Waals surface area contributed by atoms with Crippen molar-refractivity contribution in [2.45, 2.75) is 31.2 Å². The molecule has 0 radical (unpaired) electrons. The molecule has 1 saturated heterocycles. The molecule has 0 amide bonds. The van der Waals surface area contributed by atoms with Gasteiger partial charge < -0.3 is 14.6 Å². The zero-order chi connectivity index (χ0) is 17.9. The Morgan fingerprint density at radius 3 is 2.36 bits per heavy atom. The summed E-state index contributed by atoms with van der Waals surface area (Å²) in [6, 6.07) is 12.6. The van der Waals surface area contributed by atoms with Crippen LogP contribution in [0.15, 0.2) is 48.5 Å². The average Bonchev–Trinajstić information content (AvgIpc) is 2.60. The van der Waals surface area contributed by atoms with E-state index < -0.39 is 17.3 Å². The highest BCUT2D eigenvalue weighted by Crippen LogP contribution is 2.39. The third-order valence-electron chi connectivity index (χ3n) is 4.34. The number of hydrogen-bond donors (Lipinski definition) is 1. The Morgan fingerprint density at radius 1 is 1.04 bits per heavy atom. The zero-order valence-electron chi connectivity index (χ0n) is 13.6. The first-order valence-electron chi connectivity index (χ1n) is 8.06. The SMILES string of the molecule is OC1(c2cc(OCc3ccccc3)cc(C(F)(F)F)c2)CCOCC1. The van der Waals surface area contributed by atoms with Gasteiger partial charge in [-0.1, -0.05) is 30.3 Å². The summed E-state index contributed by atoms with van der Waals surface area (Å²) in [6.45, 7) is 0.781. The highest BCUT2D eigenvalue weighted by Gasteiger charge is 2.37. The van der Waals surface area contributed by atoms with Crippen LogP contribution >= 0.6 is 0 Å². The van der Waals surface area contributed by atoms with Crippen molar-refractivity contribution in [2.75, 3.05) is 13.2 Å². The number of halogens is 3. The first kappa shape index (κ1) is 17.8. The first-order valence-corrected chi connectivity index (χ1v) is 8.06. The summed E-state index contributed by atoms with van der Waals surface area (Å²) >= 11 is 0. The van der Waals surface area contributed by atoms with E-state index in [1.54, 1.807) is 0 Å². The Morgan fingerprint density at radius 2 is 1.72 bits per heavy atom. The van der Waals surface area contributed by atoms with Crippen LogP contribution in [0.4, 0.5) is 13.2 Å². The predicted molar refractivity (Wildman–Crippen MR) is 86.2 cm³/mol. The van der Waals surface area contributed by atoms with E-state index in [9.17, 15) is 18.3 Å². The molecule has 0 atom stereocenters. The topological polar surface area (TPSA) is 38.7 Å². The van der Waals surface area contributed by atoms with Gasteiger partial charge in [-0.2, -0.15) is 13.2 Å². The van der Waals surface area contributed by atoms with Crippen molar-refractivity contribution in [3.8, 4) is 5.75 Å². The van der Waals surface area contributed by atoms with Gasteiger partial charge in [0.1, 0.15) is 12.4 Å². The minimum Gasteiger partial charge on any atom is -0.489 e. The van der Waals surface area contributed by atoms with E-state index in [2.05, 4.69) is 0 Å². The highest BCUT2D eigenvalue weighted by molar-refractivity contribution is 5.39. The predicted octanol–water partition coefficient (Wildman–Crippen LogP) is 4.28. The second-order valence-electron chi connectivity index (χ2n) is 6.16. The quantitative estimate of drug-likeness (QED) is 0.893. The maximum absolute atomic E-state index is 13.2. The van der Waals surface area contributed by atoms with Crippen LogP contribution < -0.4 is 4.74 Å². The maximum atomic E-state index is 13.2. The molecule has 0 spiro atoms. The normalized spacial score (nSPS) is 17.3. The van der Waals surface area contributed by atoms with Crippen molar-refractivity contribution < 1.29 is 27.8 Å². The van der Waals surface area contributed by atoms with Gasteiger partial charge in [-0.3, -0.25) is 0 Å². The van der Waals surface area contributed by atoms with Crippen LogP contribution in [0.1, 0.15) is 29.5 Å². The van der Waals surface area contributed by atoms with Gasteiger partial charge in [0.2, 0.25) is 0 Å². The standard InChI is InChI=1S/C19H19F3O3/c20-19(21,22)16-10-15(18(23)6-8-24-9-7-18)11-17(12-16)25-13-14-4-2-1-3-5-14/h1-5,10-12,23H,6-9,13H2. The molecule has 2 aromatic carbocycles. The van der Waals surface area contributed by atoms with Crippen LogP contribution in [0.3, 0.4) is 0 Å². The van der Waals surface area contributed by atoms with Gasteiger partial charge in [0.25, 0.3) is 0 Å². The summed E-state index contributed by atoms with van der Waals surface area (Å²) in [5.74, 6) is 0.0913. The minimum absolute atomic E-state index is 0.0913. The molecule has 0 aliphatic carbocycles. The lowest BCUT2D eigenvalue weighted by atomic mass is 9.85. The fourth-order valence-corrected chi connectivity index (χ4v) is 2.85. The van der Waals surface area contributed by atoms with Crippen molar-refractivity contribution in [3.05, 3.63) is 65.2 Å². The van der Waals surface area contributed by atoms with E-state index in [0.717, 1.165) is 17.7 Å². The third-order valence-corrected chi connectivity index (χ3v) is 4.34. The number of aliphatic hydroxyl groups is 1. The molecule has 1 aliphatic heterocycles. The summed E-state index contributed by atoms with van der Waals surface area (Å²) in [5.41, 5.74) is -1.09. The average molecular weight is 352 g/mol. The Balaban J connectivity index is 1.90. The summed E-state index contributed by atoms with van der Waals surface area (Å²) in [5, 5.41) is 10.7. The lowest BCUT2D eigenvalue weighted by Gasteiger charge is -2.33. The smallest absolute Gasteiger partial charge is 0.416 e. The molecule has 1 heterocycles. The van der Waals surface area contributed by atoms with Crippen LogP contribution in [-0.2, 0) is 23.1 Å². The van der Waals surface area contributed by atoms with E-state index in [1.165, 1.54) is 6.07 Å². The van der Waals surface area contributed by atoms with Crippen molar-refractivity contribution in [1.82, 2.24) is 0 Å². The largest absolute Gasteiger partial charge is 0.489 e. The van der Waals surface area contributed by atoms with Crippen molar-refractivity contribution in [3.63, 3.8) is 0 Å². The summed E-state index contributed by atoms with van der Waals surface area (Å²) in [6.07, 6.45) is -4.00. The monoisotopic (exact) mass is 352 g/mol. The Labute approximate surface area is 144 Å². The van der Waals surface area contributed by atoms with Gasteiger partial charge in [0, 0.05) is 26.1 Å². The van der Waals surface area contributed by atoms with Gasteiger partial charge in [0.15, 0.2) is 0 Å². The van der Waals surface area contributed by atoms with Crippen LogP contribution in [0.25, 0.3) is 0 Å². The molecular formula is C19H19F3O3. The molecule has 134 valence electrons. The molecule has 6 heteroatoms. The maximum Gasteiger partial charge on any atom is 0.416 e. The van der Waals surface area contributed by atoms with Gasteiger partial charge in [0.05, 0.1) is 11.2 Å². The second kappa shape index (κ2) is 7.06. The minimum atomic E-state index is -4.51. The van der Waals surface area contributed by atoms with E-state index in [0.29, 0.717) is 13.2 Å². The van der Waals surface area contributed by atoms with Crippen LogP contribution in [0.5, 0.6) is 5.75 Å². The number of benzene rings is 2. The first-order chi connectivity index (χ1) is 11.9. The number of alkyl halides is 3. The Kier molecular flexibility index (Phi) is 5.01. The lowest BCUT2D eigenvalue weighted by molar-refractivity contribution is -0.138. The van der Waals surface area contributed by atoms with E-state index >= 15 is 0 Å². The Bertz CT molecular complexity index is 708. The molecule has 3 rings (SSSR count). The summed E-state index contributed by atoms with van der Waals surface area (Å²) in [4.78, 5) is 0. The van der Waals surface area contributed by atoms with Gasteiger partial charge in [-0.15, -0.1) is 0 Å².